The summed E-state index contributed by atoms with van der Waals surface area (Å²) in [5, 5.41) is 6.40. The SMILES string of the molecule is CC1=CSC(n2cnn(CC3CC3)c2=O)N1Cc1cccnc1. The highest BCUT2D eigenvalue weighted by atomic mass is 32.2. The minimum Gasteiger partial charge on any atom is -0.341 e. The van der Waals surface area contributed by atoms with Gasteiger partial charge in [0.05, 0.1) is 0 Å². The minimum absolute atomic E-state index is 0.0197. The smallest absolute Gasteiger partial charge is 0.341 e. The molecule has 23 heavy (non-hydrogen) atoms. The van der Waals surface area contributed by atoms with E-state index in [9.17, 15) is 4.79 Å². The van der Waals surface area contributed by atoms with Crippen molar-refractivity contribution in [1.82, 2.24) is 24.2 Å². The summed E-state index contributed by atoms with van der Waals surface area (Å²) in [6, 6.07) is 3.99. The Bertz CT molecular complexity index is 777. The molecular weight excluding hydrogens is 310 g/mol. The third-order valence-corrected chi connectivity index (χ3v) is 5.48. The standard InChI is InChI=1S/C16H19N5OS/c1-12-10-23-16(19(12)8-14-3-2-6-17-7-14)20-11-18-21(15(20)22)9-13-4-5-13/h2-3,6-7,10-11,13,16H,4-5,8-9H2,1H3. The molecule has 1 aliphatic carbocycles. The second-order valence-electron chi connectivity index (χ2n) is 6.16. The van der Waals surface area contributed by atoms with Crippen molar-refractivity contribution in [3.8, 4) is 0 Å². The molecule has 2 aliphatic rings. The predicted octanol–water partition coefficient (Wildman–Crippen LogP) is 2.42. The lowest BCUT2D eigenvalue weighted by Gasteiger charge is -2.27. The molecule has 0 radical (unpaired) electrons. The summed E-state index contributed by atoms with van der Waals surface area (Å²) in [6.45, 7) is 3.55. The fourth-order valence-electron chi connectivity index (χ4n) is 2.75. The van der Waals surface area contributed by atoms with E-state index in [1.807, 2.05) is 12.3 Å². The Hall–Kier alpha value is -2.02. The molecule has 0 bridgehead atoms. The summed E-state index contributed by atoms with van der Waals surface area (Å²) in [5.41, 5.74) is 2.20. The van der Waals surface area contributed by atoms with Gasteiger partial charge in [-0.15, -0.1) is 0 Å². The van der Waals surface area contributed by atoms with Crippen LogP contribution < -0.4 is 5.69 Å². The van der Waals surface area contributed by atoms with Crippen LogP contribution in [0.5, 0.6) is 0 Å². The highest BCUT2D eigenvalue weighted by Gasteiger charge is 2.29. The lowest BCUT2D eigenvalue weighted by Crippen LogP contribution is -2.33. The highest BCUT2D eigenvalue weighted by molar-refractivity contribution is 8.02. The molecule has 6 nitrogen and oxygen atoms in total. The van der Waals surface area contributed by atoms with Gasteiger partial charge in [-0.3, -0.25) is 9.55 Å². The van der Waals surface area contributed by atoms with E-state index in [2.05, 4.69) is 33.4 Å². The van der Waals surface area contributed by atoms with E-state index < -0.39 is 0 Å². The van der Waals surface area contributed by atoms with Gasteiger partial charge in [0.25, 0.3) is 0 Å². The van der Waals surface area contributed by atoms with Gasteiger partial charge < -0.3 is 4.90 Å². The molecule has 1 saturated carbocycles. The van der Waals surface area contributed by atoms with Gasteiger partial charge in [0.1, 0.15) is 6.33 Å². The van der Waals surface area contributed by atoms with Gasteiger partial charge in [0, 0.05) is 31.2 Å². The van der Waals surface area contributed by atoms with Crippen molar-refractivity contribution in [3.05, 3.63) is 58.0 Å². The third-order valence-electron chi connectivity index (χ3n) is 4.28. The van der Waals surface area contributed by atoms with Crippen molar-refractivity contribution in [3.63, 3.8) is 0 Å². The first-order valence-corrected chi connectivity index (χ1v) is 8.78. The molecule has 0 amide bonds. The van der Waals surface area contributed by atoms with Gasteiger partial charge >= 0.3 is 5.69 Å². The van der Waals surface area contributed by atoms with Crippen LogP contribution in [0.4, 0.5) is 0 Å². The quantitative estimate of drug-likeness (QED) is 0.843. The number of nitrogens with zero attached hydrogens (tertiary/aromatic N) is 5. The summed E-state index contributed by atoms with van der Waals surface area (Å²) < 4.78 is 3.34. The van der Waals surface area contributed by atoms with Gasteiger partial charge in [-0.2, -0.15) is 5.10 Å². The first kappa shape index (κ1) is 14.6. The second-order valence-corrected chi connectivity index (χ2v) is 7.09. The molecule has 1 atom stereocenters. The number of pyridine rings is 1. The lowest BCUT2D eigenvalue weighted by atomic mass is 10.2. The Balaban J connectivity index is 1.57. The normalized spacial score (nSPS) is 20.8. The average Bonchev–Trinajstić information content (AvgIpc) is 3.23. The fraction of sp³-hybridized carbons (Fsp3) is 0.438. The first-order valence-electron chi connectivity index (χ1n) is 7.84. The number of thioether (sulfide) groups is 1. The van der Waals surface area contributed by atoms with Crippen molar-refractivity contribution in [2.75, 3.05) is 0 Å². The largest absolute Gasteiger partial charge is 0.348 e. The molecule has 0 aromatic carbocycles. The summed E-state index contributed by atoms with van der Waals surface area (Å²) in [6.07, 6.45) is 7.74. The number of hydrogen-bond donors (Lipinski definition) is 0. The maximum absolute atomic E-state index is 12.6. The van der Waals surface area contributed by atoms with Gasteiger partial charge in [-0.1, -0.05) is 17.8 Å². The van der Waals surface area contributed by atoms with Crippen LogP contribution in [-0.2, 0) is 13.1 Å². The van der Waals surface area contributed by atoms with E-state index in [-0.39, 0.29) is 11.2 Å². The summed E-state index contributed by atoms with van der Waals surface area (Å²) in [4.78, 5) is 19.0. The molecule has 4 rings (SSSR count). The van der Waals surface area contributed by atoms with Crippen molar-refractivity contribution >= 4 is 11.8 Å². The summed E-state index contributed by atoms with van der Waals surface area (Å²) >= 11 is 1.65. The Kier molecular flexibility index (Phi) is 3.72. The maximum atomic E-state index is 12.6. The van der Waals surface area contributed by atoms with Crippen LogP contribution in [0.25, 0.3) is 0 Å². The van der Waals surface area contributed by atoms with Crippen LogP contribution >= 0.6 is 11.8 Å². The molecule has 2 aromatic rings. The van der Waals surface area contributed by atoms with Gasteiger partial charge in [-0.05, 0) is 42.7 Å². The van der Waals surface area contributed by atoms with Gasteiger partial charge in [0.2, 0.25) is 0 Å². The Morgan fingerprint density at radius 1 is 1.39 bits per heavy atom. The number of aromatic nitrogens is 4. The van der Waals surface area contributed by atoms with E-state index in [0.717, 1.165) is 24.4 Å². The molecule has 120 valence electrons. The lowest BCUT2D eigenvalue weighted by molar-refractivity contribution is 0.263. The molecular formula is C16H19N5OS. The zero-order valence-electron chi connectivity index (χ0n) is 13.0. The monoisotopic (exact) mass is 329 g/mol. The Morgan fingerprint density at radius 3 is 3.00 bits per heavy atom. The van der Waals surface area contributed by atoms with Crippen molar-refractivity contribution in [2.45, 2.75) is 38.4 Å². The van der Waals surface area contributed by atoms with Gasteiger partial charge in [-0.25, -0.2) is 9.48 Å². The highest BCUT2D eigenvalue weighted by Crippen LogP contribution is 2.39. The molecule has 2 aromatic heterocycles. The average molecular weight is 329 g/mol. The zero-order chi connectivity index (χ0) is 15.8. The molecule has 0 saturated heterocycles. The summed E-state index contributed by atoms with van der Waals surface area (Å²) in [5.74, 6) is 0.638. The molecule has 3 heterocycles. The van der Waals surface area contributed by atoms with E-state index >= 15 is 0 Å². The topological polar surface area (TPSA) is 56.0 Å². The van der Waals surface area contributed by atoms with E-state index in [1.165, 1.54) is 12.8 Å². The van der Waals surface area contributed by atoms with Crippen LogP contribution in [0.3, 0.4) is 0 Å². The maximum Gasteiger partial charge on any atom is 0.348 e. The Morgan fingerprint density at radius 2 is 2.26 bits per heavy atom. The number of allylic oxidation sites excluding steroid dienone is 1. The van der Waals surface area contributed by atoms with Gasteiger partial charge in [0.15, 0.2) is 5.50 Å². The molecule has 7 heteroatoms. The summed E-state index contributed by atoms with van der Waals surface area (Å²) in [7, 11) is 0. The van der Waals surface area contributed by atoms with Crippen LogP contribution in [-0.4, -0.2) is 24.2 Å². The molecule has 1 aliphatic heterocycles. The van der Waals surface area contributed by atoms with Crippen LogP contribution in [0.15, 0.2) is 46.8 Å². The van der Waals surface area contributed by atoms with Crippen LogP contribution in [0, 0.1) is 5.92 Å². The fourth-order valence-corrected chi connectivity index (χ4v) is 3.87. The van der Waals surface area contributed by atoms with Crippen LogP contribution in [0.1, 0.15) is 30.8 Å². The molecule has 1 unspecified atom stereocenters. The van der Waals surface area contributed by atoms with Crippen LogP contribution in [0.2, 0.25) is 0 Å². The van der Waals surface area contributed by atoms with E-state index in [0.29, 0.717) is 5.92 Å². The van der Waals surface area contributed by atoms with Crippen molar-refractivity contribution in [2.24, 2.45) is 5.92 Å². The zero-order valence-corrected chi connectivity index (χ0v) is 13.8. The molecule has 1 fully saturated rings. The Labute approximate surface area is 138 Å². The number of hydrogen-bond acceptors (Lipinski definition) is 5. The van der Waals surface area contributed by atoms with E-state index in [1.54, 1.807) is 33.5 Å². The van der Waals surface area contributed by atoms with Crippen molar-refractivity contribution < 1.29 is 0 Å². The third kappa shape index (κ3) is 2.93. The van der Waals surface area contributed by atoms with Crippen molar-refractivity contribution in [1.29, 1.82) is 0 Å². The first-order chi connectivity index (χ1) is 11.2. The van der Waals surface area contributed by atoms with E-state index in [4.69, 9.17) is 0 Å². The number of rotatable bonds is 5. The molecule has 0 N–H and O–H groups in total. The minimum atomic E-state index is -0.0735. The second kappa shape index (κ2) is 5.88. The molecule has 0 spiro atoms. The predicted molar refractivity (Wildman–Crippen MR) is 89.4 cm³/mol.